The van der Waals surface area contributed by atoms with Crippen LogP contribution >= 0.6 is 0 Å². The highest BCUT2D eigenvalue weighted by molar-refractivity contribution is 5.81. The van der Waals surface area contributed by atoms with Crippen LogP contribution in [0, 0.1) is 0 Å². The average molecular weight is 311 g/mol. The van der Waals surface area contributed by atoms with E-state index < -0.39 is 11.6 Å². The maximum Gasteiger partial charge on any atom is 0.410 e. The summed E-state index contributed by atoms with van der Waals surface area (Å²) in [5, 5.41) is 0. The van der Waals surface area contributed by atoms with Crippen LogP contribution in [0.3, 0.4) is 0 Å². The van der Waals surface area contributed by atoms with Gasteiger partial charge in [-0.25, -0.2) is 4.79 Å². The van der Waals surface area contributed by atoms with E-state index in [1.807, 2.05) is 30.6 Å². The molecule has 6 nitrogen and oxygen atoms in total. The summed E-state index contributed by atoms with van der Waals surface area (Å²) >= 11 is 0. The molecule has 0 radical (unpaired) electrons. The van der Waals surface area contributed by atoms with Crippen LogP contribution in [-0.4, -0.2) is 58.6 Å². The highest BCUT2D eigenvalue weighted by Crippen LogP contribution is 2.30. The van der Waals surface area contributed by atoms with Gasteiger partial charge in [0, 0.05) is 25.2 Å². The minimum absolute atomic E-state index is 0.0255. The molecule has 1 saturated carbocycles. The summed E-state index contributed by atoms with van der Waals surface area (Å²) in [4.78, 5) is 28.2. The van der Waals surface area contributed by atoms with Gasteiger partial charge in [0.2, 0.25) is 5.91 Å². The van der Waals surface area contributed by atoms with E-state index in [2.05, 4.69) is 0 Å². The van der Waals surface area contributed by atoms with Crippen molar-refractivity contribution < 1.29 is 14.3 Å². The van der Waals surface area contributed by atoms with Gasteiger partial charge in [-0.2, -0.15) is 0 Å². The van der Waals surface area contributed by atoms with Crippen molar-refractivity contribution in [2.45, 2.75) is 77.1 Å². The molecule has 0 unspecified atom stereocenters. The van der Waals surface area contributed by atoms with E-state index >= 15 is 0 Å². The molecule has 1 aliphatic heterocycles. The molecular weight excluding hydrogens is 282 g/mol. The van der Waals surface area contributed by atoms with Crippen molar-refractivity contribution in [1.82, 2.24) is 9.80 Å². The number of rotatable bonds is 4. The van der Waals surface area contributed by atoms with Crippen LogP contribution in [0.4, 0.5) is 4.79 Å². The van der Waals surface area contributed by atoms with Crippen molar-refractivity contribution in [2.24, 2.45) is 5.73 Å². The van der Waals surface area contributed by atoms with Crippen molar-refractivity contribution in [3.63, 3.8) is 0 Å². The molecule has 1 heterocycles. The largest absolute Gasteiger partial charge is 0.444 e. The molecule has 126 valence electrons. The van der Waals surface area contributed by atoms with Gasteiger partial charge in [-0.15, -0.1) is 0 Å². The number of hydrogen-bond acceptors (Lipinski definition) is 4. The first-order valence-corrected chi connectivity index (χ1v) is 8.24. The number of nitrogens with zero attached hydrogens (tertiary/aromatic N) is 2. The molecule has 2 aliphatic rings. The Bertz CT molecular complexity index is 427. The number of carbonyl (C=O) groups excluding carboxylic acids is 2. The molecular formula is C16H29N3O3. The standard InChI is InChI=1S/C16H29N3O3/c1-11(17)14(20)18-9-5-6-13(18)10-19(12-7-8-12)15(21)22-16(2,3)4/h11-13H,5-10,17H2,1-4H3/t11-,13+/m0/s1. The van der Waals surface area contributed by atoms with Crippen molar-refractivity contribution in [1.29, 1.82) is 0 Å². The first-order chi connectivity index (χ1) is 10.2. The number of likely N-dealkylation sites (tertiary alicyclic amines) is 1. The van der Waals surface area contributed by atoms with E-state index in [1.54, 1.807) is 6.92 Å². The normalized spacial score (nSPS) is 23.3. The predicted octanol–water partition coefficient (Wildman–Crippen LogP) is 1.72. The fourth-order valence-corrected chi connectivity index (χ4v) is 2.88. The minimum atomic E-state index is -0.499. The maximum atomic E-state index is 12.4. The van der Waals surface area contributed by atoms with Gasteiger partial charge in [0.25, 0.3) is 0 Å². The van der Waals surface area contributed by atoms with Gasteiger partial charge in [0.05, 0.1) is 6.04 Å². The smallest absolute Gasteiger partial charge is 0.410 e. The molecule has 2 fully saturated rings. The lowest BCUT2D eigenvalue weighted by atomic mass is 10.2. The Morgan fingerprint density at radius 1 is 1.32 bits per heavy atom. The van der Waals surface area contributed by atoms with Gasteiger partial charge in [-0.3, -0.25) is 4.79 Å². The fraction of sp³-hybridized carbons (Fsp3) is 0.875. The zero-order valence-electron chi connectivity index (χ0n) is 14.2. The zero-order chi connectivity index (χ0) is 16.5. The van der Waals surface area contributed by atoms with E-state index in [-0.39, 0.29) is 24.1 Å². The predicted molar refractivity (Wildman–Crippen MR) is 84.3 cm³/mol. The SMILES string of the molecule is C[C@H](N)C(=O)N1CCC[C@@H]1CN(C(=O)OC(C)(C)C)C1CC1. The second kappa shape index (κ2) is 6.44. The van der Waals surface area contributed by atoms with Gasteiger partial charge >= 0.3 is 6.09 Å². The summed E-state index contributed by atoms with van der Waals surface area (Å²) in [6.45, 7) is 8.62. The van der Waals surface area contributed by atoms with Gasteiger partial charge < -0.3 is 20.3 Å². The number of carbonyl (C=O) groups is 2. The first-order valence-electron chi connectivity index (χ1n) is 8.24. The topological polar surface area (TPSA) is 75.9 Å². The van der Waals surface area contributed by atoms with E-state index in [4.69, 9.17) is 10.5 Å². The van der Waals surface area contributed by atoms with E-state index in [0.29, 0.717) is 6.54 Å². The second-order valence-electron chi connectivity index (χ2n) is 7.48. The highest BCUT2D eigenvalue weighted by Gasteiger charge is 2.39. The molecule has 0 aromatic carbocycles. The van der Waals surface area contributed by atoms with Crippen LogP contribution in [0.1, 0.15) is 53.4 Å². The van der Waals surface area contributed by atoms with Gasteiger partial charge in [0.15, 0.2) is 0 Å². The Morgan fingerprint density at radius 3 is 2.45 bits per heavy atom. The van der Waals surface area contributed by atoms with E-state index in [0.717, 1.165) is 32.2 Å². The summed E-state index contributed by atoms with van der Waals surface area (Å²) < 4.78 is 5.51. The molecule has 0 bridgehead atoms. The molecule has 2 N–H and O–H groups in total. The molecule has 22 heavy (non-hydrogen) atoms. The number of hydrogen-bond donors (Lipinski definition) is 1. The zero-order valence-corrected chi connectivity index (χ0v) is 14.2. The van der Waals surface area contributed by atoms with Gasteiger partial charge in [0.1, 0.15) is 5.60 Å². The van der Waals surface area contributed by atoms with Crippen LogP contribution in [-0.2, 0) is 9.53 Å². The molecule has 0 aromatic rings. The van der Waals surface area contributed by atoms with Crippen molar-refractivity contribution in [3.05, 3.63) is 0 Å². The quantitative estimate of drug-likeness (QED) is 0.858. The summed E-state index contributed by atoms with van der Waals surface area (Å²) in [7, 11) is 0. The molecule has 0 aromatic heterocycles. The summed E-state index contributed by atoms with van der Waals surface area (Å²) in [6.07, 6.45) is 3.66. The van der Waals surface area contributed by atoms with Crippen LogP contribution < -0.4 is 5.73 Å². The molecule has 6 heteroatoms. The van der Waals surface area contributed by atoms with Crippen LogP contribution in [0.15, 0.2) is 0 Å². The molecule has 0 spiro atoms. The highest BCUT2D eigenvalue weighted by atomic mass is 16.6. The number of amides is 2. The lowest BCUT2D eigenvalue weighted by Gasteiger charge is -2.33. The Labute approximate surface area is 132 Å². The van der Waals surface area contributed by atoms with Crippen molar-refractivity contribution >= 4 is 12.0 Å². The Morgan fingerprint density at radius 2 is 1.95 bits per heavy atom. The summed E-state index contributed by atoms with van der Waals surface area (Å²) in [5.74, 6) is -0.0255. The first kappa shape index (κ1) is 17.1. The Kier molecular flexibility index (Phi) is 5.00. The van der Waals surface area contributed by atoms with Crippen molar-refractivity contribution in [2.75, 3.05) is 13.1 Å². The van der Waals surface area contributed by atoms with Gasteiger partial charge in [-0.05, 0) is 53.4 Å². The molecule has 2 amide bonds. The van der Waals surface area contributed by atoms with Crippen LogP contribution in [0.25, 0.3) is 0 Å². The van der Waals surface area contributed by atoms with Crippen LogP contribution in [0.2, 0.25) is 0 Å². The summed E-state index contributed by atoms with van der Waals surface area (Å²) in [5.41, 5.74) is 5.23. The Balaban J connectivity index is 2.01. The Hall–Kier alpha value is -1.30. The molecule has 1 saturated heterocycles. The van der Waals surface area contributed by atoms with E-state index in [1.165, 1.54) is 0 Å². The second-order valence-corrected chi connectivity index (χ2v) is 7.48. The maximum absolute atomic E-state index is 12.4. The average Bonchev–Trinajstić information content (AvgIpc) is 3.11. The number of ether oxygens (including phenoxy) is 1. The molecule has 2 atom stereocenters. The lowest BCUT2D eigenvalue weighted by molar-refractivity contribution is -0.133. The van der Waals surface area contributed by atoms with Crippen LogP contribution in [0.5, 0.6) is 0 Å². The third-order valence-electron chi connectivity index (χ3n) is 4.07. The fourth-order valence-electron chi connectivity index (χ4n) is 2.88. The molecule has 1 aliphatic carbocycles. The third kappa shape index (κ3) is 4.35. The lowest BCUT2D eigenvalue weighted by Crippen LogP contribution is -2.50. The monoisotopic (exact) mass is 311 g/mol. The van der Waals surface area contributed by atoms with E-state index in [9.17, 15) is 9.59 Å². The molecule has 2 rings (SSSR count). The van der Waals surface area contributed by atoms with Gasteiger partial charge in [-0.1, -0.05) is 0 Å². The van der Waals surface area contributed by atoms with Crippen molar-refractivity contribution in [3.8, 4) is 0 Å². The number of nitrogens with two attached hydrogens (primary N) is 1. The minimum Gasteiger partial charge on any atom is -0.444 e. The third-order valence-corrected chi connectivity index (χ3v) is 4.07. The summed E-state index contributed by atoms with van der Waals surface area (Å²) in [6, 6.07) is -0.161.